The molecule has 6 heteroatoms. The molecule has 1 saturated carbocycles. The van der Waals surface area contributed by atoms with Crippen LogP contribution in [0.3, 0.4) is 0 Å². The van der Waals surface area contributed by atoms with Crippen LogP contribution in [0.2, 0.25) is 0 Å². The summed E-state index contributed by atoms with van der Waals surface area (Å²) in [6.07, 6.45) is 1.99. The van der Waals surface area contributed by atoms with Crippen molar-refractivity contribution in [2.45, 2.75) is 26.2 Å². The summed E-state index contributed by atoms with van der Waals surface area (Å²) < 4.78 is 18.7. The fourth-order valence-corrected chi connectivity index (χ4v) is 2.96. The number of halogens is 1. The Balaban J connectivity index is 1.41. The van der Waals surface area contributed by atoms with Gasteiger partial charge in [0.1, 0.15) is 11.6 Å². The van der Waals surface area contributed by atoms with Crippen molar-refractivity contribution in [1.29, 1.82) is 0 Å². The molecule has 0 saturated heterocycles. The number of amides is 1. The van der Waals surface area contributed by atoms with Gasteiger partial charge in [-0.2, -0.15) is 0 Å². The molecule has 0 bridgehead atoms. The number of Topliss-reactive ketones (excluding diaryl/α,β-unsaturated/α-hetero) is 1. The number of oxazole rings is 1. The van der Waals surface area contributed by atoms with Crippen LogP contribution >= 0.6 is 0 Å². The smallest absolute Gasteiger partial charge is 0.230 e. The number of rotatable bonds is 6. The van der Waals surface area contributed by atoms with E-state index in [1.165, 1.54) is 12.1 Å². The number of hydrogen-bond acceptors (Lipinski definition) is 4. The average molecular weight is 378 g/mol. The van der Waals surface area contributed by atoms with Gasteiger partial charge in [-0.1, -0.05) is 0 Å². The average Bonchev–Trinajstić information content (AvgIpc) is 3.47. The molecule has 1 fully saturated rings. The number of anilines is 1. The van der Waals surface area contributed by atoms with Crippen molar-refractivity contribution in [2.75, 3.05) is 5.32 Å². The molecule has 1 aliphatic carbocycles. The lowest BCUT2D eigenvalue weighted by atomic mass is 10.1. The quantitative estimate of drug-likeness (QED) is 0.638. The Labute approximate surface area is 161 Å². The summed E-state index contributed by atoms with van der Waals surface area (Å²) in [7, 11) is 0. The van der Waals surface area contributed by atoms with Crippen molar-refractivity contribution < 1.29 is 18.4 Å². The highest BCUT2D eigenvalue weighted by Gasteiger charge is 2.30. The zero-order valence-electron chi connectivity index (χ0n) is 15.4. The maximum absolute atomic E-state index is 13.1. The van der Waals surface area contributed by atoms with E-state index in [4.69, 9.17) is 4.42 Å². The minimum atomic E-state index is -0.337. The van der Waals surface area contributed by atoms with Crippen molar-refractivity contribution >= 4 is 17.4 Å². The van der Waals surface area contributed by atoms with Crippen molar-refractivity contribution in [1.82, 2.24) is 4.98 Å². The summed E-state index contributed by atoms with van der Waals surface area (Å²) in [5.74, 6) is 0.665. The van der Waals surface area contributed by atoms with Crippen molar-refractivity contribution in [3.8, 4) is 11.5 Å². The van der Waals surface area contributed by atoms with Crippen molar-refractivity contribution in [3.05, 3.63) is 71.4 Å². The van der Waals surface area contributed by atoms with Gasteiger partial charge >= 0.3 is 0 Å². The van der Waals surface area contributed by atoms with Crippen LogP contribution in [-0.2, 0) is 11.2 Å². The van der Waals surface area contributed by atoms with E-state index < -0.39 is 0 Å². The van der Waals surface area contributed by atoms with Crippen LogP contribution in [-0.4, -0.2) is 16.7 Å². The summed E-state index contributed by atoms with van der Waals surface area (Å²) in [5, 5.41) is 2.80. The van der Waals surface area contributed by atoms with Gasteiger partial charge in [-0.15, -0.1) is 0 Å². The molecule has 4 rings (SSSR count). The maximum Gasteiger partial charge on any atom is 0.230 e. The van der Waals surface area contributed by atoms with Crippen molar-refractivity contribution in [2.24, 2.45) is 5.92 Å². The van der Waals surface area contributed by atoms with Crippen molar-refractivity contribution in [3.63, 3.8) is 0 Å². The number of aryl methyl sites for hydroxylation is 1. The number of carbonyl (C=O) groups excluding carboxylic acids is 2. The summed E-state index contributed by atoms with van der Waals surface area (Å²) >= 11 is 0. The molecule has 1 heterocycles. The van der Waals surface area contributed by atoms with Gasteiger partial charge in [-0.25, -0.2) is 9.37 Å². The number of nitrogens with zero attached hydrogens (tertiary/aromatic N) is 1. The van der Waals surface area contributed by atoms with Crippen LogP contribution < -0.4 is 5.32 Å². The highest BCUT2D eigenvalue weighted by Crippen LogP contribution is 2.32. The van der Waals surface area contributed by atoms with E-state index in [9.17, 15) is 14.0 Å². The molecule has 1 aliphatic rings. The third-order valence-electron chi connectivity index (χ3n) is 4.71. The lowest BCUT2D eigenvalue weighted by molar-refractivity contribution is -0.115. The van der Waals surface area contributed by atoms with E-state index in [-0.39, 0.29) is 29.8 Å². The molecular weight excluding hydrogens is 359 g/mol. The SMILES string of the molecule is Cc1oc(-c2ccc(F)cc2)nc1CC(=O)Nc1ccc(C(=O)C2CC2)cc1. The van der Waals surface area contributed by atoms with E-state index in [0.29, 0.717) is 34.2 Å². The van der Waals surface area contributed by atoms with Gasteiger partial charge in [0.2, 0.25) is 11.8 Å². The van der Waals surface area contributed by atoms with Crippen LogP contribution in [0, 0.1) is 18.7 Å². The van der Waals surface area contributed by atoms with E-state index in [0.717, 1.165) is 12.8 Å². The first kappa shape index (κ1) is 18.1. The zero-order valence-corrected chi connectivity index (χ0v) is 15.4. The Morgan fingerprint density at radius 2 is 1.79 bits per heavy atom. The van der Waals surface area contributed by atoms with Crippen LogP contribution in [0.5, 0.6) is 0 Å². The van der Waals surface area contributed by atoms with E-state index in [1.807, 2.05) is 0 Å². The molecule has 5 nitrogen and oxygen atoms in total. The topological polar surface area (TPSA) is 72.2 Å². The first-order chi connectivity index (χ1) is 13.5. The Morgan fingerprint density at radius 1 is 1.11 bits per heavy atom. The predicted molar refractivity (Wildman–Crippen MR) is 102 cm³/mol. The summed E-state index contributed by atoms with van der Waals surface area (Å²) in [6, 6.07) is 12.8. The Morgan fingerprint density at radius 3 is 2.43 bits per heavy atom. The van der Waals surface area contributed by atoms with Gasteiger partial charge < -0.3 is 9.73 Å². The van der Waals surface area contributed by atoms with Gasteiger partial charge in [-0.05, 0) is 68.3 Å². The molecule has 0 unspecified atom stereocenters. The highest BCUT2D eigenvalue weighted by atomic mass is 19.1. The van der Waals surface area contributed by atoms with E-state index in [2.05, 4.69) is 10.3 Å². The fourth-order valence-electron chi connectivity index (χ4n) is 2.96. The number of hydrogen-bond donors (Lipinski definition) is 1. The number of carbonyl (C=O) groups is 2. The number of nitrogens with one attached hydrogen (secondary N) is 1. The minimum absolute atomic E-state index is 0.0548. The molecule has 0 atom stereocenters. The van der Waals surface area contributed by atoms with Crippen LogP contribution in [0.15, 0.2) is 52.9 Å². The molecule has 1 amide bonds. The second-order valence-corrected chi connectivity index (χ2v) is 6.97. The number of aromatic nitrogens is 1. The standard InChI is InChI=1S/C22H19FN2O3/c1-13-19(25-22(28-13)16-4-8-17(23)9-5-16)12-20(26)24-18-10-6-15(7-11-18)21(27)14-2-3-14/h4-11,14H,2-3,12H2,1H3,(H,24,26). The summed E-state index contributed by atoms with van der Waals surface area (Å²) in [5.41, 5.74) is 2.47. The lowest BCUT2D eigenvalue weighted by Gasteiger charge is -2.05. The Hall–Kier alpha value is -3.28. The zero-order chi connectivity index (χ0) is 19.7. The van der Waals surface area contributed by atoms with Gasteiger partial charge in [0.05, 0.1) is 12.1 Å². The van der Waals surface area contributed by atoms with Crippen LogP contribution in [0.4, 0.5) is 10.1 Å². The lowest BCUT2D eigenvalue weighted by Crippen LogP contribution is -2.15. The normalized spacial score (nSPS) is 13.4. The number of benzene rings is 2. The van der Waals surface area contributed by atoms with Crippen LogP contribution in [0.1, 0.15) is 34.7 Å². The van der Waals surface area contributed by atoms with Crippen LogP contribution in [0.25, 0.3) is 11.5 Å². The molecule has 0 radical (unpaired) electrons. The Kier molecular flexibility index (Phi) is 4.77. The van der Waals surface area contributed by atoms with Gasteiger partial charge in [0.25, 0.3) is 0 Å². The van der Waals surface area contributed by atoms with E-state index >= 15 is 0 Å². The highest BCUT2D eigenvalue weighted by molar-refractivity contribution is 6.00. The first-order valence-electron chi connectivity index (χ1n) is 9.16. The number of ketones is 1. The molecule has 28 heavy (non-hydrogen) atoms. The molecule has 3 aromatic rings. The fraction of sp³-hybridized carbons (Fsp3) is 0.227. The third kappa shape index (κ3) is 4.01. The monoisotopic (exact) mass is 378 g/mol. The molecule has 2 aromatic carbocycles. The predicted octanol–water partition coefficient (Wildman–Crippen LogP) is 4.56. The van der Waals surface area contributed by atoms with Gasteiger partial charge in [0.15, 0.2) is 5.78 Å². The van der Waals surface area contributed by atoms with E-state index in [1.54, 1.807) is 43.3 Å². The minimum Gasteiger partial charge on any atom is -0.441 e. The second kappa shape index (κ2) is 7.38. The largest absolute Gasteiger partial charge is 0.441 e. The summed E-state index contributed by atoms with van der Waals surface area (Å²) in [4.78, 5) is 28.7. The van der Waals surface area contributed by atoms with Gasteiger partial charge in [-0.3, -0.25) is 9.59 Å². The molecule has 142 valence electrons. The first-order valence-corrected chi connectivity index (χ1v) is 9.16. The molecule has 0 aliphatic heterocycles. The maximum atomic E-state index is 13.1. The molecule has 1 aromatic heterocycles. The summed E-state index contributed by atoms with van der Waals surface area (Å²) in [6.45, 7) is 1.74. The molecule has 0 spiro atoms. The molecule has 1 N–H and O–H groups in total. The third-order valence-corrected chi connectivity index (χ3v) is 4.71. The van der Waals surface area contributed by atoms with Gasteiger partial charge in [0, 0.05) is 22.7 Å². The molecular formula is C22H19FN2O3. The second-order valence-electron chi connectivity index (χ2n) is 6.97. The Bertz CT molecular complexity index is 1020.